The fourth-order valence-electron chi connectivity index (χ4n) is 0.663. The molecule has 0 heterocycles. The summed E-state index contributed by atoms with van der Waals surface area (Å²) in [4.78, 5) is 8.09. The average molecular weight is 147 g/mol. The highest BCUT2D eigenvalue weighted by Crippen LogP contribution is 2.29. The van der Waals surface area contributed by atoms with Crippen molar-refractivity contribution >= 4 is 0 Å². The molecule has 0 fully saturated rings. The molecule has 0 spiro atoms. The van der Waals surface area contributed by atoms with Crippen molar-refractivity contribution in [1.82, 2.24) is 0 Å². The first-order valence-corrected chi connectivity index (χ1v) is 2.95. The van der Waals surface area contributed by atoms with E-state index in [0.29, 0.717) is 0 Å². The molecule has 0 radical (unpaired) electrons. The Hall–Kier alpha value is -1.82. The number of nitro groups is 1. The van der Waals surface area contributed by atoms with Crippen molar-refractivity contribution in [3.63, 3.8) is 0 Å². The van der Waals surface area contributed by atoms with Gasteiger partial charge in [0.15, 0.2) is 0 Å². The molecule has 2 aliphatic rings. The van der Waals surface area contributed by atoms with Crippen molar-refractivity contribution in [3.8, 4) is 23.6 Å². The van der Waals surface area contributed by atoms with Gasteiger partial charge in [0.25, 0.3) is 6.04 Å². The van der Waals surface area contributed by atoms with Crippen LogP contribution in [0, 0.1) is 22.6 Å². The molecule has 0 N–H and O–H groups in total. The number of rotatable bonds is 0. The topological polar surface area (TPSA) is 43.1 Å². The minimum Gasteiger partial charge on any atom is -0.249 e. The predicted octanol–water partition coefficient (Wildman–Crippen LogP) is 1.52. The van der Waals surface area contributed by atoms with Crippen LogP contribution in [-0.2, 0) is 0 Å². The predicted molar refractivity (Wildman–Crippen MR) is 41.3 cm³/mol. The monoisotopic (exact) mass is 147 g/mol. The van der Waals surface area contributed by atoms with Gasteiger partial charge in [0.05, 0.1) is 0 Å². The van der Waals surface area contributed by atoms with E-state index in [4.69, 9.17) is 10.1 Å². The minimum absolute atomic E-state index is 0.847. The third-order valence-electron chi connectivity index (χ3n) is 1.32. The van der Waals surface area contributed by atoms with E-state index in [1.165, 1.54) is 17.2 Å². The third kappa shape index (κ3) is 1.55. The Bertz CT molecular complexity index is 287. The highest BCUT2D eigenvalue weighted by atomic mass is 16.6. The molecule has 0 saturated heterocycles. The van der Waals surface area contributed by atoms with Gasteiger partial charge in [-0.3, -0.25) is 0 Å². The molecule has 0 atom stereocenters. The van der Waals surface area contributed by atoms with Crippen molar-refractivity contribution in [3.05, 3.63) is 34.4 Å². The molecule has 0 amide bonds. The van der Waals surface area contributed by atoms with E-state index in [2.05, 4.69) is 30.7 Å². The quantitative estimate of drug-likeness (QED) is 0.245. The molecule has 0 aromatic rings. The first-order valence-electron chi connectivity index (χ1n) is 2.95. The lowest BCUT2D eigenvalue weighted by Gasteiger charge is -2.10. The summed E-state index contributed by atoms with van der Waals surface area (Å²) in [5.41, 5.74) is 2.85. The Labute approximate surface area is 63.8 Å². The molecule has 3 nitrogen and oxygen atoms in total. The van der Waals surface area contributed by atoms with Gasteiger partial charge in [-0.15, -0.1) is 0 Å². The summed E-state index contributed by atoms with van der Waals surface area (Å²) in [5.74, 6) is 0. The Kier molecular flexibility index (Phi) is 1.88. The largest absolute Gasteiger partial charge is 0.286 e. The number of terminal acetylenes is 1. The molecule has 0 unspecified atom stereocenters. The van der Waals surface area contributed by atoms with Gasteiger partial charge >= 0.3 is 0 Å². The van der Waals surface area contributed by atoms with Gasteiger partial charge in [0.2, 0.25) is 0 Å². The summed E-state index contributed by atoms with van der Waals surface area (Å²) in [5, 5.41) is 8.94. The van der Waals surface area contributed by atoms with E-state index >= 15 is 0 Å². The molecule has 3 heteroatoms. The summed E-state index contributed by atoms with van der Waals surface area (Å²) in [6.45, 7) is 0. The highest BCUT2D eigenvalue weighted by Gasteiger charge is 2.03. The second kappa shape index (κ2) is 2.84. The third-order valence-corrected chi connectivity index (χ3v) is 1.32. The summed E-state index contributed by atoms with van der Waals surface area (Å²) in [7, 11) is 0. The molecule has 2 rings (SSSR count). The van der Waals surface area contributed by atoms with Gasteiger partial charge in [0.1, 0.15) is 4.92 Å². The van der Waals surface area contributed by atoms with Crippen LogP contribution < -0.4 is 0 Å². The highest BCUT2D eigenvalue weighted by molar-refractivity contribution is 5.75. The first-order chi connectivity index (χ1) is 5.24. The Morgan fingerprint density at radius 1 is 1.27 bits per heavy atom. The molecule has 0 aromatic carbocycles. The smallest absolute Gasteiger partial charge is 0.249 e. The van der Waals surface area contributed by atoms with Crippen molar-refractivity contribution in [2.24, 2.45) is 0 Å². The zero-order chi connectivity index (χ0) is 8.27. The van der Waals surface area contributed by atoms with Crippen molar-refractivity contribution in [2.45, 2.75) is 0 Å². The number of hydrogen-bond donors (Lipinski definition) is 0. The molecule has 0 saturated carbocycles. The maximum absolute atomic E-state index is 8.94. The number of nitrogens with zero attached hydrogens (tertiary/aromatic N) is 1. The molecule has 11 heavy (non-hydrogen) atoms. The Morgan fingerprint density at radius 2 is 1.55 bits per heavy atom. The number of hydrogen-bond acceptors (Lipinski definition) is 2. The minimum atomic E-state index is -0.847. The number of benzene rings is 1. The molecule has 54 valence electrons. The van der Waals surface area contributed by atoms with Crippen LogP contribution in [0.15, 0.2) is 24.3 Å². The van der Waals surface area contributed by atoms with Crippen LogP contribution >= 0.6 is 0 Å². The van der Waals surface area contributed by atoms with Gasteiger partial charge in [-0.25, -0.2) is 10.1 Å². The van der Waals surface area contributed by atoms with Crippen LogP contribution in [0.1, 0.15) is 0 Å². The van der Waals surface area contributed by atoms with Crippen LogP contribution in [0.25, 0.3) is 11.1 Å². The summed E-state index contributed by atoms with van der Waals surface area (Å²) >= 11 is 0. The molecule has 0 aliphatic heterocycles. The Balaban J connectivity index is 0.000000114. The number of fused-ring (bicyclic) bond motifs is 1. The second-order valence-electron chi connectivity index (χ2n) is 1.96. The molecule has 2 aliphatic carbocycles. The second-order valence-corrected chi connectivity index (χ2v) is 1.96. The van der Waals surface area contributed by atoms with E-state index in [-0.39, 0.29) is 0 Å². The molecular weight excluding hydrogens is 142 g/mol. The molecular formula is C8H5NO2. The van der Waals surface area contributed by atoms with Gasteiger partial charge in [-0.1, -0.05) is 24.3 Å². The van der Waals surface area contributed by atoms with E-state index in [9.17, 15) is 0 Å². The van der Waals surface area contributed by atoms with E-state index < -0.39 is 4.92 Å². The van der Waals surface area contributed by atoms with Crippen LogP contribution in [-0.4, -0.2) is 4.92 Å². The lowest BCUT2D eigenvalue weighted by Crippen LogP contribution is -1.85. The fourth-order valence-corrected chi connectivity index (χ4v) is 0.663. The van der Waals surface area contributed by atoms with E-state index in [1.54, 1.807) is 0 Å². The zero-order valence-electron chi connectivity index (χ0n) is 5.65. The van der Waals surface area contributed by atoms with Gasteiger partial charge in [-0.2, -0.15) is 0 Å². The fraction of sp³-hybridized carbons (Fsp3) is 0. The SMILES string of the molecule is C#C[N+](=O)[O-].c1cc2ccc1-2. The maximum atomic E-state index is 8.94. The van der Waals surface area contributed by atoms with Crippen LogP contribution in [0.2, 0.25) is 0 Å². The first kappa shape index (κ1) is 7.29. The normalized spacial score (nSPS) is 8.64. The van der Waals surface area contributed by atoms with Crippen molar-refractivity contribution < 1.29 is 4.92 Å². The van der Waals surface area contributed by atoms with E-state index in [1.807, 2.05) is 0 Å². The lowest BCUT2D eigenvalue weighted by molar-refractivity contribution is -0.378. The van der Waals surface area contributed by atoms with Crippen LogP contribution in [0.3, 0.4) is 0 Å². The lowest BCUT2D eigenvalue weighted by atomic mass is 9.95. The Morgan fingerprint density at radius 3 is 1.55 bits per heavy atom. The summed E-state index contributed by atoms with van der Waals surface area (Å²) < 4.78 is 0. The zero-order valence-corrected chi connectivity index (χ0v) is 5.65. The van der Waals surface area contributed by atoms with Gasteiger partial charge < -0.3 is 0 Å². The van der Waals surface area contributed by atoms with Gasteiger partial charge in [-0.05, 0) is 17.6 Å². The van der Waals surface area contributed by atoms with Crippen LogP contribution in [0.5, 0.6) is 0 Å². The summed E-state index contributed by atoms with van der Waals surface area (Å²) in [6.07, 6.45) is 4.22. The van der Waals surface area contributed by atoms with Crippen LogP contribution in [0.4, 0.5) is 0 Å². The van der Waals surface area contributed by atoms with E-state index in [0.717, 1.165) is 0 Å². The standard InChI is InChI=1S/C6H4.C2HNO2/c1-2-6-4-3-5(1)6;1-2-3(4)5/h1-4H;1H. The molecule has 0 aromatic heterocycles. The molecule has 0 bridgehead atoms. The van der Waals surface area contributed by atoms with Crippen molar-refractivity contribution in [2.75, 3.05) is 0 Å². The van der Waals surface area contributed by atoms with Gasteiger partial charge in [0, 0.05) is 0 Å². The van der Waals surface area contributed by atoms with Crippen molar-refractivity contribution in [1.29, 1.82) is 0 Å². The maximum Gasteiger partial charge on any atom is 0.286 e. The average Bonchev–Trinajstić information content (AvgIpc) is 1.98. The summed E-state index contributed by atoms with van der Waals surface area (Å²) in [6, 6.07) is 9.73.